The monoisotopic (exact) mass is 995 g/mol. The Balaban J connectivity index is 0.00000274. The van der Waals surface area contributed by atoms with Gasteiger partial charge in [-0.1, -0.05) is 46.4 Å². The number of phenolic OH excluding ortho intramolecular Hbond substituents is 2. The van der Waals surface area contributed by atoms with Gasteiger partial charge in [-0.3, -0.25) is 0 Å². The summed E-state index contributed by atoms with van der Waals surface area (Å²) in [6.45, 7) is 0. The van der Waals surface area contributed by atoms with Crippen LogP contribution < -0.4 is 4.74 Å². The maximum atomic E-state index is 13.3. The molecule has 2 aliphatic rings. The number of halogens is 8. The van der Waals surface area contributed by atoms with Gasteiger partial charge >= 0.3 is 35.5 Å². The molecule has 5 rings (SSSR count). The number of benzene rings is 3. The third-order valence-corrected chi connectivity index (χ3v) is 10.8. The standard InChI is InChI=1S/C20H4Cl4I4O5.Na.H/c21-9-7-8(10(22)12(24)11(9)23)20(33-19(7)31)3-1-5(25)15(29)13(27)17(3)32-18-4(20)2-6(26)16(30)14(18)28;;/h1-2,29-30H;;. The van der Waals surface area contributed by atoms with E-state index < -0.39 is 11.6 Å². The molecule has 0 aliphatic carbocycles. The molecular weight excluding hydrogens is 993 g/mol. The van der Waals surface area contributed by atoms with Gasteiger partial charge in [-0.05, 0) is 102 Å². The van der Waals surface area contributed by atoms with Gasteiger partial charge in [0, 0.05) is 5.56 Å². The van der Waals surface area contributed by atoms with E-state index in [9.17, 15) is 15.0 Å². The van der Waals surface area contributed by atoms with E-state index in [0.717, 1.165) is 0 Å². The van der Waals surface area contributed by atoms with Gasteiger partial charge in [0.15, 0.2) is 17.1 Å². The molecule has 5 nitrogen and oxygen atoms in total. The molecule has 3 aromatic carbocycles. The molecule has 0 atom stereocenters. The van der Waals surface area contributed by atoms with Crippen molar-refractivity contribution in [2.45, 2.75) is 5.60 Å². The summed E-state index contributed by atoms with van der Waals surface area (Å²) in [5.41, 5.74) is -0.574. The van der Waals surface area contributed by atoms with Crippen molar-refractivity contribution < 1.29 is 24.5 Å². The van der Waals surface area contributed by atoms with Gasteiger partial charge in [-0.2, -0.15) is 0 Å². The number of ether oxygens (including phenoxy) is 2. The predicted molar refractivity (Wildman–Crippen MR) is 166 cm³/mol. The zero-order valence-corrected chi connectivity index (χ0v) is 27.0. The Hall–Kier alpha value is 1.61. The van der Waals surface area contributed by atoms with Crippen LogP contribution in [0.3, 0.4) is 0 Å². The van der Waals surface area contributed by atoms with Crippen LogP contribution in [-0.4, -0.2) is 45.7 Å². The maximum absolute atomic E-state index is 13.3. The molecule has 0 saturated carbocycles. The Labute approximate surface area is 289 Å². The van der Waals surface area contributed by atoms with E-state index >= 15 is 0 Å². The fraction of sp³-hybridized carbons (Fsp3) is 0.0500. The molecule has 2 N–H and O–H groups in total. The van der Waals surface area contributed by atoms with Crippen LogP contribution in [0.25, 0.3) is 0 Å². The number of carbonyl (C=O) groups excluding carboxylic acids is 1. The van der Waals surface area contributed by atoms with E-state index in [1.165, 1.54) is 0 Å². The quantitative estimate of drug-likeness (QED) is 0.0785. The molecule has 0 aromatic heterocycles. The molecule has 0 unspecified atom stereocenters. The number of carbonyl (C=O) groups is 1. The number of phenols is 2. The first-order valence-corrected chi connectivity index (χ1v) is 14.5. The fourth-order valence-electron chi connectivity index (χ4n) is 3.93. The van der Waals surface area contributed by atoms with E-state index in [1.54, 1.807) is 12.1 Å². The Morgan fingerprint density at radius 2 is 1.21 bits per heavy atom. The zero-order valence-electron chi connectivity index (χ0n) is 15.3. The summed E-state index contributed by atoms with van der Waals surface area (Å²) in [6.07, 6.45) is 0. The molecule has 0 bridgehead atoms. The van der Waals surface area contributed by atoms with Crippen molar-refractivity contribution in [2.24, 2.45) is 0 Å². The molecule has 2 aliphatic heterocycles. The van der Waals surface area contributed by atoms with Crippen molar-refractivity contribution in [3.63, 3.8) is 0 Å². The van der Waals surface area contributed by atoms with E-state index in [1.807, 2.05) is 90.4 Å². The van der Waals surface area contributed by atoms with Crippen molar-refractivity contribution in [1.29, 1.82) is 0 Å². The Bertz CT molecular complexity index is 1400. The van der Waals surface area contributed by atoms with E-state index in [-0.39, 0.29) is 83.8 Å². The van der Waals surface area contributed by atoms with Gasteiger partial charge in [0.2, 0.25) is 0 Å². The van der Waals surface area contributed by atoms with E-state index in [0.29, 0.717) is 25.4 Å². The molecule has 14 heteroatoms. The molecule has 3 aromatic rings. The summed E-state index contributed by atoms with van der Waals surface area (Å²) in [7, 11) is 0. The number of rotatable bonds is 0. The number of fused-ring (bicyclic) bond motifs is 6. The van der Waals surface area contributed by atoms with Crippen LogP contribution in [-0.2, 0) is 10.3 Å². The first kappa shape index (κ1) is 28.6. The first-order chi connectivity index (χ1) is 15.4. The molecule has 0 saturated heterocycles. The molecule has 0 amide bonds. The van der Waals surface area contributed by atoms with Crippen LogP contribution in [0.4, 0.5) is 0 Å². The van der Waals surface area contributed by atoms with E-state index in [2.05, 4.69) is 0 Å². The molecule has 34 heavy (non-hydrogen) atoms. The second-order valence-corrected chi connectivity index (χ2v) is 13.0. The SMILES string of the molecule is O=C1OC2(c3cc(I)c(O)c(I)c3Oc3c2cc(I)c(O)c3I)c2c(Cl)c(Cl)c(Cl)c(Cl)c21.[NaH]. The molecule has 1 spiro atoms. The molecule has 172 valence electrons. The van der Waals surface area contributed by atoms with Crippen molar-refractivity contribution in [2.75, 3.05) is 0 Å². The topological polar surface area (TPSA) is 76.0 Å². The summed E-state index contributed by atoms with van der Waals surface area (Å²) >= 11 is 33.7. The van der Waals surface area contributed by atoms with Gasteiger partial charge in [-0.15, -0.1) is 0 Å². The van der Waals surface area contributed by atoms with Crippen molar-refractivity contribution >= 4 is 172 Å². The Morgan fingerprint density at radius 3 is 1.68 bits per heavy atom. The molecular formula is C20H5Cl4I4NaO5. The first-order valence-electron chi connectivity index (χ1n) is 8.63. The fourth-order valence-corrected chi connectivity index (χ4v) is 8.57. The molecule has 0 fully saturated rings. The molecule has 0 radical (unpaired) electrons. The van der Waals surface area contributed by atoms with Crippen molar-refractivity contribution in [1.82, 2.24) is 0 Å². The van der Waals surface area contributed by atoms with Crippen molar-refractivity contribution in [3.8, 4) is 23.0 Å². The third-order valence-electron chi connectivity index (χ3n) is 5.33. The van der Waals surface area contributed by atoms with Crippen LogP contribution >= 0.6 is 137 Å². The van der Waals surface area contributed by atoms with Gasteiger partial charge in [0.05, 0.1) is 51.1 Å². The predicted octanol–water partition coefficient (Wildman–Crippen LogP) is 8.05. The summed E-state index contributed by atoms with van der Waals surface area (Å²) in [4.78, 5) is 13.3. The second-order valence-electron chi connectivity index (χ2n) is 6.97. The van der Waals surface area contributed by atoms with Gasteiger partial charge < -0.3 is 19.7 Å². The summed E-state index contributed by atoms with van der Waals surface area (Å²) in [5.74, 6) is -0.246. The third kappa shape index (κ3) is 3.83. The Morgan fingerprint density at radius 1 is 0.765 bits per heavy atom. The normalized spacial score (nSPS) is 14.6. The van der Waals surface area contributed by atoms with Crippen molar-refractivity contribution in [3.05, 3.63) is 68.8 Å². The Kier molecular flexibility index (Phi) is 8.39. The van der Waals surface area contributed by atoms with Crippen LogP contribution in [0.2, 0.25) is 20.1 Å². The van der Waals surface area contributed by atoms with Gasteiger partial charge in [0.1, 0.15) is 11.5 Å². The minimum absolute atomic E-state index is 0. The summed E-state index contributed by atoms with van der Waals surface area (Å²) < 4.78 is 14.1. The van der Waals surface area contributed by atoms with Crippen LogP contribution in [0.5, 0.6) is 23.0 Å². The summed E-state index contributed by atoms with van der Waals surface area (Å²) in [6, 6.07) is 3.30. The average molecular weight is 998 g/mol. The minimum atomic E-state index is -1.62. The number of aromatic hydroxyl groups is 2. The average Bonchev–Trinajstić information content (AvgIpc) is 3.08. The number of hydrogen-bond donors (Lipinski definition) is 2. The van der Waals surface area contributed by atoms with E-state index in [4.69, 9.17) is 55.9 Å². The van der Waals surface area contributed by atoms with Crippen LogP contribution in [0.15, 0.2) is 12.1 Å². The zero-order chi connectivity index (χ0) is 24.1. The number of esters is 1. The van der Waals surface area contributed by atoms with Crippen LogP contribution in [0, 0.1) is 14.3 Å². The summed E-state index contributed by atoms with van der Waals surface area (Å²) in [5, 5.41) is 21.0. The number of hydrogen-bond acceptors (Lipinski definition) is 5. The van der Waals surface area contributed by atoms with Gasteiger partial charge in [-0.25, -0.2) is 4.79 Å². The molecule has 2 heterocycles. The van der Waals surface area contributed by atoms with Gasteiger partial charge in [0.25, 0.3) is 0 Å². The van der Waals surface area contributed by atoms with Crippen LogP contribution in [0.1, 0.15) is 27.0 Å². The second kappa shape index (κ2) is 9.97.